The van der Waals surface area contributed by atoms with Gasteiger partial charge in [-0.3, -0.25) is 23.4 Å². The molecule has 1 unspecified atom stereocenters. The van der Waals surface area contributed by atoms with Crippen molar-refractivity contribution >= 4 is 25.7 Å². The molecule has 4 N–H and O–H groups in total. The second kappa shape index (κ2) is 45.7. The lowest BCUT2D eigenvalue weighted by Crippen LogP contribution is -2.34. The van der Waals surface area contributed by atoms with Crippen LogP contribution in [0.5, 0.6) is 0 Å². The largest absolute Gasteiger partial charge is 0.480 e. The number of allylic oxidation sites excluding steroid dienone is 18. The van der Waals surface area contributed by atoms with E-state index in [4.69, 9.17) is 24.8 Å². The molecule has 0 heterocycles. The molecule has 0 aliphatic heterocycles. The molecule has 0 aromatic heterocycles. The molecule has 11 nitrogen and oxygen atoms in total. The van der Waals surface area contributed by atoms with Gasteiger partial charge in [-0.1, -0.05) is 175 Å². The van der Waals surface area contributed by atoms with Gasteiger partial charge < -0.3 is 25.2 Å². The zero-order chi connectivity index (χ0) is 47.0. The number of aliphatic carboxylic acids is 1. The SMILES string of the molecule is CCCCC/C=C/C/C=C/C/C=C/C/C=C/C/C=C/CCC(=O)O[C@H](COC(=O)CCC/C=C/C/C=C/C/C=C/C/C=C/CCCCCCCCC)COP(=O)(O)OC[C@H](N)C(=O)O. The van der Waals surface area contributed by atoms with Crippen LogP contribution in [0.3, 0.4) is 0 Å². The van der Waals surface area contributed by atoms with Gasteiger partial charge in [0.05, 0.1) is 13.2 Å². The van der Waals surface area contributed by atoms with Crippen LogP contribution in [0, 0.1) is 0 Å². The molecule has 0 bridgehead atoms. The van der Waals surface area contributed by atoms with Crippen LogP contribution >= 0.6 is 7.82 Å². The molecular formula is C52H84NO10P. The predicted octanol–water partition coefficient (Wildman–Crippen LogP) is 13.4. The van der Waals surface area contributed by atoms with Gasteiger partial charge in [0.2, 0.25) is 0 Å². The van der Waals surface area contributed by atoms with Crippen molar-refractivity contribution in [2.45, 2.75) is 180 Å². The van der Waals surface area contributed by atoms with E-state index in [1.807, 2.05) is 30.4 Å². The number of ether oxygens (including phenoxy) is 2. The molecule has 0 aromatic rings. The van der Waals surface area contributed by atoms with Crippen LogP contribution in [0.25, 0.3) is 0 Å². The van der Waals surface area contributed by atoms with E-state index in [1.165, 1.54) is 70.6 Å². The average Bonchev–Trinajstić information content (AvgIpc) is 3.27. The Kier molecular flexibility index (Phi) is 42.9. The Balaban J connectivity index is 4.54. The Morgan fingerprint density at radius 1 is 0.484 bits per heavy atom. The summed E-state index contributed by atoms with van der Waals surface area (Å²) in [5, 5.41) is 8.90. The zero-order valence-corrected chi connectivity index (χ0v) is 40.2. The lowest BCUT2D eigenvalue weighted by molar-refractivity contribution is -0.161. The predicted molar refractivity (Wildman–Crippen MR) is 263 cm³/mol. The molecule has 0 amide bonds. The maximum atomic E-state index is 12.6. The summed E-state index contributed by atoms with van der Waals surface area (Å²) in [4.78, 5) is 46.0. The molecule has 0 spiro atoms. The Morgan fingerprint density at radius 2 is 0.859 bits per heavy atom. The summed E-state index contributed by atoms with van der Waals surface area (Å²) in [6.45, 7) is 2.63. The second-order valence-corrected chi connectivity index (χ2v) is 17.0. The van der Waals surface area contributed by atoms with Gasteiger partial charge in [-0.25, -0.2) is 4.57 Å². The molecule has 0 saturated heterocycles. The number of rotatable bonds is 43. The van der Waals surface area contributed by atoms with E-state index in [2.05, 4.69) is 97.4 Å². The Bertz CT molecular complexity index is 1490. The lowest BCUT2D eigenvalue weighted by atomic mass is 10.1. The number of carbonyl (C=O) groups is 3. The molecule has 0 radical (unpaired) electrons. The molecule has 0 saturated carbocycles. The number of hydrogen-bond donors (Lipinski definition) is 3. The third-order valence-corrected chi connectivity index (χ3v) is 10.5. The standard InChI is InChI=1S/C52H84NO10P/c1-3-5-7-9-11-13-15-17-19-21-23-24-26-27-29-31-33-35-37-39-41-43-50(54)60-45-48(46-61-64(58,59)62-47-49(53)52(56)57)63-51(55)44-42-40-38-36-34-32-30-28-25-22-20-18-16-14-12-10-8-6-4-2/h12,14,18-21,24-26,28-29,31-32,34-35,37-38,40,48-49H,3-11,13,15-17,22-23,27,30,33,36,39,41-47,53H2,1-2H3,(H,56,57)(H,58,59)/b14-12+,20-18+,21-19+,26-24+,28-25+,31-29+,34-32+,37-35+,40-38+/t48-,49+/m1/s1. The smallest absolute Gasteiger partial charge is 0.472 e. The highest BCUT2D eigenvalue weighted by atomic mass is 31.2. The summed E-state index contributed by atoms with van der Waals surface area (Å²) >= 11 is 0. The maximum absolute atomic E-state index is 12.6. The first-order valence-electron chi connectivity index (χ1n) is 23.9. The number of phosphoric acid groups is 1. The Hall–Kier alpha value is -3.86. The van der Waals surface area contributed by atoms with Crippen LogP contribution < -0.4 is 5.73 Å². The van der Waals surface area contributed by atoms with Gasteiger partial charge in [0.15, 0.2) is 6.10 Å². The number of unbranched alkanes of at least 4 members (excludes halogenated alkanes) is 11. The highest BCUT2D eigenvalue weighted by Crippen LogP contribution is 2.43. The van der Waals surface area contributed by atoms with Crippen molar-refractivity contribution in [2.24, 2.45) is 5.73 Å². The van der Waals surface area contributed by atoms with Gasteiger partial charge in [0, 0.05) is 12.8 Å². The highest BCUT2D eigenvalue weighted by Gasteiger charge is 2.28. The van der Waals surface area contributed by atoms with E-state index in [0.717, 1.165) is 44.9 Å². The van der Waals surface area contributed by atoms with E-state index in [1.54, 1.807) is 0 Å². The third-order valence-electron chi connectivity index (χ3n) is 9.51. The van der Waals surface area contributed by atoms with Crippen LogP contribution in [-0.4, -0.2) is 59.9 Å². The summed E-state index contributed by atoms with van der Waals surface area (Å²) in [7, 11) is -4.76. The van der Waals surface area contributed by atoms with Crippen molar-refractivity contribution in [3.8, 4) is 0 Å². The first-order valence-corrected chi connectivity index (χ1v) is 25.4. The van der Waals surface area contributed by atoms with E-state index in [0.29, 0.717) is 25.7 Å². The first kappa shape index (κ1) is 60.1. The van der Waals surface area contributed by atoms with E-state index in [-0.39, 0.29) is 12.8 Å². The number of carboxylic acid groups (broad SMARTS) is 1. The van der Waals surface area contributed by atoms with Crippen molar-refractivity contribution in [3.63, 3.8) is 0 Å². The first-order chi connectivity index (χ1) is 31.1. The number of nitrogens with two attached hydrogens (primary N) is 1. The molecule has 0 aliphatic carbocycles. The third kappa shape index (κ3) is 44.7. The monoisotopic (exact) mass is 914 g/mol. The van der Waals surface area contributed by atoms with Gasteiger partial charge in [0.1, 0.15) is 12.6 Å². The fraction of sp³-hybridized carbons (Fsp3) is 0.596. The normalized spacial score (nSPS) is 14.6. The summed E-state index contributed by atoms with van der Waals surface area (Å²) in [6.07, 6.45) is 60.3. The molecule has 0 aromatic carbocycles. The molecule has 3 atom stereocenters. The average molecular weight is 914 g/mol. The minimum atomic E-state index is -4.76. The number of esters is 2. The molecule has 362 valence electrons. The number of carbonyl (C=O) groups excluding carboxylic acids is 2. The number of carboxylic acids is 1. The van der Waals surface area contributed by atoms with Crippen LogP contribution in [0.2, 0.25) is 0 Å². The van der Waals surface area contributed by atoms with Crippen molar-refractivity contribution in [3.05, 3.63) is 109 Å². The van der Waals surface area contributed by atoms with Crippen LogP contribution in [0.15, 0.2) is 109 Å². The minimum absolute atomic E-state index is 0.0194. The Morgan fingerprint density at radius 3 is 1.33 bits per heavy atom. The van der Waals surface area contributed by atoms with Crippen LogP contribution in [0.1, 0.15) is 168 Å². The Labute approximate surface area is 387 Å². The fourth-order valence-electron chi connectivity index (χ4n) is 5.74. The number of phosphoric ester groups is 1. The summed E-state index contributed by atoms with van der Waals surface area (Å²) < 4.78 is 32.6. The highest BCUT2D eigenvalue weighted by molar-refractivity contribution is 7.47. The summed E-state index contributed by atoms with van der Waals surface area (Å²) in [5.41, 5.74) is 5.33. The van der Waals surface area contributed by atoms with Gasteiger partial charge >= 0.3 is 25.7 Å². The van der Waals surface area contributed by atoms with Gasteiger partial charge in [0.25, 0.3) is 0 Å². The number of hydrogen-bond acceptors (Lipinski definition) is 9. The maximum Gasteiger partial charge on any atom is 0.472 e. The van der Waals surface area contributed by atoms with E-state index in [9.17, 15) is 23.8 Å². The summed E-state index contributed by atoms with van der Waals surface area (Å²) in [5.74, 6) is -2.57. The quantitative estimate of drug-likeness (QED) is 0.0230. The molecule has 12 heteroatoms. The van der Waals surface area contributed by atoms with Crippen molar-refractivity contribution in [2.75, 3.05) is 19.8 Å². The fourth-order valence-corrected chi connectivity index (χ4v) is 6.52. The molecule has 0 aliphatic rings. The van der Waals surface area contributed by atoms with Crippen LogP contribution in [0.4, 0.5) is 0 Å². The van der Waals surface area contributed by atoms with Crippen molar-refractivity contribution in [1.29, 1.82) is 0 Å². The summed E-state index contributed by atoms with van der Waals surface area (Å²) in [6, 6.07) is -1.55. The van der Waals surface area contributed by atoms with Crippen LogP contribution in [-0.2, 0) is 37.5 Å². The molecular weight excluding hydrogens is 830 g/mol. The van der Waals surface area contributed by atoms with E-state index >= 15 is 0 Å². The van der Waals surface area contributed by atoms with Gasteiger partial charge in [-0.15, -0.1) is 0 Å². The second-order valence-electron chi connectivity index (χ2n) is 15.5. The lowest BCUT2D eigenvalue weighted by Gasteiger charge is -2.20. The minimum Gasteiger partial charge on any atom is -0.480 e. The molecule has 0 fully saturated rings. The van der Waals surface area contributed by atoms with E-state index < -0.39 is 57.7 Å². The van der Waals surface area contributed by atoms with Gasteiger partial charge in [-0.05, 0) is 89.9 Å². The molecule has 0 rings (SSSR count). The van der Waals surface area contributed by atoms with Crippen molar-refractivity contribution < 1.29 is 47.5 Å². The van der Waals surface area contributed by atoms with Crippen molar-refractivity contribution in [1.82, 2.24) is 0 Å². The van der Waals surface area contributed by atoms with Gasteiger partial charge in [-0.2, -0.15) is 0 Å². The molecule has 64 heavy (non-hydrogen) atoms. The zero-order valence-electron chi connectivity index (χ0n) is 39.3. The topological polar surface area (TPSA) is 172 Å².